The molecule has 1 aromatic rings. The van der Waals surface area contributed by atoms with Crippen LogP contribution in [0.3, 0.4) is 0 Å². The van der Waals surface area contributed by atoms with Gasteiger partial charge >= 0.3 is 0 Å². The second kappa shape index (κ2) is 7.55. The van der Waals surface area contributed by atoms with Crippen molar-refractivity contribution in [3.8, 4) is 0 Å². The number of hydrogen-bond donors (Lipinski definition) is 1. The molecule has 1 atom stereocenters. The molecule has 0 saturated carbocycles. The Labute approximate surface area is 136 Å². The normalized spacial score (nSPS) is 19.1. The third-order valence-electron chi connectivity index (χ3n) is 4.33. The first-order valence-corrected chi connectivity index (χ1v) is 7.95. The molecular formula is C17H24FN3O2. The highest BCUT2D eigenvalue weighted by Crippen LogP contribution is 2.15. The van der Waals surface area contributed by atoms with Gasteiger partial charge in [0.25, 0.3) is 0 Å². The van der Waals surface area contributed by atoms with Crippen molar-refractivity contribution in [2.24, 2.45) is 5.73 Å². The number of piperazine rings is 1. The van der Waals surface area contributed by atoms with Crippen LogP contribution in [0, 0.1) is 5.82 Å². The molecule has 126 valence electrons. The summed E-state index contributed by atoms with van der Waals surface area (Å²) in [6.45, 7) is 5.85. The van der Waals surface area contributed by atoms with E-state index in [2.05, 4.69) is 18.7 Å². The molecule has 2 rings (SSSR count). The third-order valence-corrected chi connectivity index (χ3v) is 4.33. The lowest BCUT2D eigenvalue weighted by Crippen LogP contribution is -2.61. The van der Waals surface area contributed by atoms with Crippen LogP contribution >= 0.6 is 0 Å². The van der Waals surface area contributed by atoms with Gasteiger partial charge in [0.05, 0.1) is 0 Å². The van der Waals surface area contributed by atoms with Gasteiger partial charge in [0.1, 0.15) is 11.9 Å². The van der Waals surface area contributed by atoms with Crippen molar-refractivity contribution in [1.82, 2.24) is 9.80 Å². The highest BCUT2D eigenvalue weighted by molar-refractivity contribution is 5.87. The van der Waals surface area contributed by atoms with Crippen molar-refractivity contribution >= 4 is 11.8 Å². The highest BCUT2D eigenvalue weighted by Gasteiger charge is 2.34. The molecule has 0 aromatic heterocycles. The molecular weight excluding hydrogens is 297 g/mol. The minimum absolute atomic E-state index is 0.0819. The first kappa shape index (κ1) is 17.4. The zero-order chi connectivity index (χ0) is 17.0. The van der Waals surface area contributed by atoms with E-state index >= 15 is 0 Å². The molecule has 2 N–H and O–H groups in total. The van der Waals surface area contributed by atoms with Gasteiger partial charge in [-0.2, -0.15) is 0 Å². The van der Waals surface area contributed by atoms with Crippen molar-refractivity contribution < 1.29 is 14.0 Å². The number of carbonyl (C=O) groups is 2. The average Bonchev–Trinajstić information content (AvgIpc) is 2.53. The molecule has 1 aromatic carbocycles. The Kier molecular flexibility index (Phi) is 5.71. The van der Waals surface area contributed by atoms with Crippen LogP contribution in [-0.4, -0.2) is 53.3 Å². The quantitative estimate of drug-likeness (QED) is 0.885. The van der Waals surface area contributed by atoms with Gasteiger partial charge in [0, 0.05) is 32.1 Å². The zero-order valence-electron chi connectivity index (χ0n) is 13.7. The maximum absolute atomic E-state index is 12.9. The fourth-order valence-electron chi connectivity index (χ4n) is 2.86. The number of aryl methyl sites for hydroxylation is 1. The van der Waals surface area contributed by atoms with E-state index in [4.69, 9.17) is 5.73 Å². The molecule has 2 amide bonds. The maximum atomic E-state index is 12.9. The predicted molar refractivity (Wildman–Crippen MR) is 86.1 cm³/mol. The summed E-state index contributed by atoms with van der Waals surface area (Å²) in [6, 6.07) is 5.84. The van der Waals surface area contributed by atoms with Gasteiger partial charge < -0.3 is 10.6 Å². The smallest absolute Gasteiger partial charge is 0.241 e. The Morgan fingerprint density at radius 3 is 2.48 bits per heavy atom. The second-order valence-electron chi connectivity index (χ2n) is 6.22. The van der Waals surface area contributed by atoms with Gasteiger partial charge in [0.15, 0.2) is 0 Å². The number of nitrogens with zero attached hydrogens (tertiary/aromatic N) is 2. The van der Waals surface area contributed by atoms with Crippen LogP contribution in [-0.2, 0) is 16.0 Å². The van der Waals surface area contributed by atoms with E-state index in [0.29, 0.717) is 25.6 Å². The summed E-state index contributed by atoms with van der Waals surface area (Å²) in [4.78, 5) is 27.9. The van der Waals surface area contributed by atoms with E-state index in [0.717, 1.165) is 12.1 Å². The standard InChI is InChI=1S/C17H24FN3O2/c1-12(2)20-9-10-21(15(11-20)17(19)23)16(22)8-5-13-3-6-14(18)7-4-13/h3-4,6-7,12,15H,5,8-11H2,1-2H3,(H2,19,23)/t15-/m1/s1. The van der Waals surface area contributed by atoms with Crippen LogP contribution < -0.4 is 5.73 Å². The van der Waals surface area contributed by atoms with E-state index in [1.54, 1.807) is 17.0 Å². The summed E-state index contributed by atoms with van der Waals surface area (Å²) < 4.78 is 12.9. The Balaban J connectivity index is 1.97. The molecule has 1 aliphatic rings. The van der Waals surface area contributed by atoms with Crippen molar-refractivity contribution in [1.29, 1.82) is 0 Å². The molecule has 0 radical (unpaired) electrons. The first-order valence-electron chi connectivity index (χ1n) is 7.95. The number of hydrogen-bond acceptors (Lipinski definition) is 3. The van der Waals surface area contributed by atoms with Crippen LogP contribution in [0.2, 0.25) is 0 Å². The largest absolute Gasteiger partial charge is 0.368 e. The summed E-state index contributed by atoms with van der Waals surface area (Å²) in [5, 5.41) is 0. The van der Waals surface area contributed by atoms with E-state index in [1.807, 2.05) is 0 Å². The molecule has 1 fully saturated rings. The summed E-state index contributed by atoms with van der Waals surface area (Å²) >= 11 is 0. The molecule has 0 bridgehead atoms. The predicted octanol–water partition coefficient (Wildman–Crippen LogP) is 1.16. The molecule has 0 spiro atoms. The summed E-state index contributed by atoms with van der Waals surface area (Å²) in [5.41, 5.74) is 6.38. The van der Waals surface area contributed by atoms with Crippen molar-refractivity contribution in [2.75, 3.05) is 19.6 Å². The Morgan fingerprint density at radius 2 is 1.91 bits per heavy atom. The number of amides is 2. The van der Waals surface area contributed by atoms with Gasteiger partial charge in [-0.1, -0.05) is 12.1 Å². The van der Waals surface area contributed by atoms with Gasteiger partial charge in [-0.3, -0.25) is 14.5 Å². The molecule has 1 aliphatic heterocycles. The van der Waals surface area contributed by atoms with Crippen molar-refractivity contribution in [2.45, 2.75) is 38.8 Å². The lowest BCUT2D eigenvalue weighted by atomic mass is 10.1. The first-order chi connectivity index (χ1) is 10.9. The highest BCUT2D eigenvalue weighted by atomic mass is 19.1. The summed E-state index contributed by atoms with van der Waals surface area (Å²) in [7, 11) is 0. The Morgan fingerprint density at radius 1 is 1.26 bits per heavy atom. The molecule has 0 unspecified atom stereocenters. The van der Waals surface area contributed by atoms with Gasteiger partial charge in [-0.05, 0) is 38.0 Å². The molecule has 0 aliphatic carbocycles. The van der Waals surface area contributed by atoms with E-state index in [-0.39, 0.29) is 18.1 Å². The Bertz CT molecular complexity index is 559. The summed E-state index contributed by atoms with van der Waals surface area (Å²) in [5.74, 6) is -0.842. The fraction of sp³-hybridized carbons (Fsp3) is 0.529. The Hall–Kier alpha value is -1.95. The maximum Gasteiger partial charge on any atom is 0.241 e. The number of rotatable bonds is 5. The van der Waals surface area contributed by atoms with Gasteiger partial charge in [-0.25, -0.2) is 4.39 Å². The van der Waals surface area contributed by atoms with Crippen LogP contribution in [0.4, 0.5) is 4.39 Å². The fourth-order valence-corrected chi connectivity index (χ4v) is 2.86. The molecule has 1 heterocycles. The van der Waals surface area contributed by atoms with Gasteiger partial charge in [-0.15, -0.1) is 0 Å². The van der Waals surface area contributed by atoms with E-state index in [1.165, 1.54) is 12.1 Å². The lowest BCUT2D eigenvalue weighted by molar-refractivity contribution is -0.143. The lowest BCUT2D eigenvalue weighted by Gasteiger charge is -2.41. The SMILES string of the molecule is CC(C)N1CCN(C(=O)CCc2ccc(F)cc2)[C@@H](C(N)=O)C1. The van der Waals surface area contributed by atoms with Crippen LogP contribution in [0.25, 0.3) is 0 Å². The molecule has 1 saturated heterocycles. The molecule has 23 heavy (non-hydrogen) atoms. The number of nitrogens with two attached hydrogens (primary N) is 1. The number of primary amides is 1. The van der Waals surface area contributed by atoms with Crippen LogP contribution in [0.15, 0.2) is 24.3 Å². The number of halogens is 1. The second-order valence-corrected chi connectivity index (χ2v) is 6.22. The number of benzene rings is 1. The number of carbonyl (C=O) groups excluding carboxylic acids is 2. The zero-order valence-corrected chi connectivity index (χ0v) is 13.7. The summed E-state index contributed by atoms with van der Waals surface area (Å²) in [6.07, 6.45) is 0.812. The van der Waals surface area contributed by atoms with E-state index < -0.39 is 11.9 Å². The monoisotopic (exact) mass is 321 g/mol. The van der Waals surface area contributed by atoms with Gasteiger partial charge in [0.2, 0.25) is 11.8 Å². The third kappa shape index (κ3) is 4.51. The van der Waals surface area contributed by atoms with Crippen molar-refractivity contribution in [3.05, 3.63) is 35.6 Å². The molecule has 5 nitrogen and oxygen atoms in total. The van der Waals surface area contributed by atoms with Crippen LogP contribution in [0.1, 0.15) is 25.8 Å². The average molecular weight is 321 g/mol. The minimum atomic E-state index is -0.577. The van der Waals surface area contributed by atoms with E-state index in [9.17, 15) is 14.0 Å². The molecule has 6 heteroatoms. The van der Waals surface area contributed by atoms with Crippen molar-refractivity contribution in [3.63, 3.8) is 0 Å². The topological polar surface area (TPSA) is 66.6 Å². The minimum Gasteiger partial charge on any atom is -0.368 e. The van der Waals surface area contributed by atoms with Crippen LogP contribution in [0.5, 0.6) is 0 Å².